The molecular formula is C10H10BrN3O2S. The van der Waals surface area contributed by atoms with Gasteiger partial charge >= 0.3 is 0 Å². The molecule has 0 saturated carbocycles. The molecule has 17 heavy (non-hydrogen) atoms. The van der Waals surface area contributed by atoms with Crippen LogP contribution in [0.1, 0.15) is 12.0 Å². The van der Waals surface area contributed by atoms with Crippen molar-refractivity contribution in [2.75, 3.05) is 16.8 Å². The topological polar surface area (TPSA) is 82.8 Å². The van der Waals surface area contributed by atoms with Gasteiger partial charge in [0, 0.05) is 12.2 Å². The number of rotatable bonds is 2. The van der Waals surface area contributed by atoms with Gasteiger partial charge in [0.05, 0.1) is 21.5 Å². The highest BCUT2D eigenvalue weighted by molar-refractivity contribution is 9.10. The zero-order valence-electron chi connectivity index (χ0n) is 8.85. The van der Waals surface area contributed by atoms with Gasteiger partial charge in [-0.1, -0.05) is 0 Å². The predicted octanol–water partition coefficient (Wildman–Crippen LogP) is 1.31. The van der Waals surface area contributed by atoms with Crippen LogP contribution in [0, 0.1) is 11.3 Å². The van der Waals surface area contributed by atoms with Crippen LogP contribution in [0.3, 0.4) is 0 Å². The molecule has 0 spiro atoms. The highest BCUT2D eigenvalue weighted by Gasteiger charge is 2.28. The summed E-state index contributed by atoms with van der Waals surface area (Å²) in [7, 11) is -2.90. The Balaban J connectivity index is 2.13. The molecule has 1 unspecified atom stereocenters. The van der Waals surface area contributed by atoms with Gasteiger partial charge in [-0.2, -0.15) is 5.26 Å². The van der Waals surface area contributed by atoms with Gasteiger partial charge in [0.15, 0.2) is 9.84 Å². The summed E-state index contributed by atoms with van der Waals surface area (Å²) in [4.78, 5) is 4.08. The fourth-order valence-electron chi connectivity index (χ4n) is 1.71. The average Bonchev–Trinajstić information content (AvgIpc) is 2.61. The van der Waals surface area contributed by atoms with Crippen LogP contribution in [-0.2, 0) is 9.84 Å². The maximum absolute atomic E-state index is 11.3. The van der Waals surface area contributed by atoms with Crippen LogP contribution in [0.5, 0.6) is 0 Å². The van der Waals surface area contributed by atoms with E-state index in [0.29, 0.717) is 22.3 Å². The first kappa shape index (κ1) is 12.3. The van der Waals surface area contributed by atoms with Gasteiger partial charge in [0.1, 0.15) is 11.9 Å². The van der Waals surface area contributed by atoms with Crippen molar-refractivity contribution in [2.45, 2.75) is 12.5 Å². The SMILES string of the molecule is N#Cc1cnc(NC2CCS(=O)(=O)C2)c(Br)c1. The van der Waals surface area contributed by atoms with Gasteiger partial charge in [0.2, 0.25) is 0 Å². The van der Waals surface area contributed by atoms with Gasteiger partial charge in [0.25, 0.3) is 0 Å². The summed E-state index contributed by atoms with van der Waals surface area (Å²) in [5, 5.41) is 11.8. The van der Waals surface area contributed by atoms with E-state index in [-0.39, 0.29) is 17.5 Å². The van der Waals surface area contributed by atoms with Crippen LogP contribution in [0.4, 0.5) is 5.82 Å². The van der Waals surface area contributed by atoms with E-state index < -0.39 is 9.84 Å². The van der Waals surface area contributed by atoms with Crippen molar-refractivity contribution < 1.29 is 8.42 Å². The highest BCUT2D eigenvalue weighted by atomic mass is 79.9. The van der Waals surface area contributed by atoms with Crippen LogP contribution in [-0.4, -0.2) is 30.9 Å². The summed E-state index contributed by atoms with van der Waals surface area (Å²) < 4.78 is 23.3. The van der Waals surface area contributed by atoms with Crippen molar-refractivity contribution in [3.05, 3.63) is 22.3 Å². The van der Waals surface area contributed by atoms with Crippen LogP contribution in [0.25, 0.3) is 0 Å². The molecule has 0 aliphatic carbocycles. The molecule has 1 fully saturated rings. The van der Waals surface area contributed by atoms with Crippen molar-refractivity contribution in [1.29, 1.82) is 5.26 Å². The number of sulfone groups is 1. The first-order chi connectivity index (χ1) is 8.00. The first-order valence-corrected chi connectivity index (χ1v) is 7.64. The molecule has 1 aromatic heterocycles. The zero-order chi connectivity index (χ0) is 12.5. The Morgan fingerprint density at radius 3 is 2.88 bits per heavy atom. The van der Waals surface area contributed by atoms with E-state index in [1.807, 2.05) is 6.07 Å². The van der Waals surface area contributed by atoms with Crippen LogP contribution < -0.4 is 5.32 Å². The summed E-state index contributed by atoms with van der Waals surface area (Å²) in [5.41, 5.74) is 0.460. The molecule has 2 rings (SSSR count). The molecule has 1 N–H and O–H groups in total. The monoisotopic (exact) mass is 315 g/mol. The van der Waals surface area contributed by atoms with E-state index >= 15 is 0 Å². The first-order valence-electron chi connectivity index (χ1n) is 5.03. The molecule has 1 atom stereocenters. The summed E-state index contributed by atoms with van der Waals surface area (Å²) in [6.45, 7) is 0. The third-order valence-corrected chi connectivity index (χ3v) is 4.92. The number of hydrogen-bond donors (Lipinski definition) is 1. The van der Waals surface area contributed by atoms with E-state index in [1.54, 1.807) is 6.07 Å². The number of nitrogens with one attached hydrogen (secondary N) is 1. The predicted molar refractivity (Wildman–Crippen MR) is 67.3 cm³/mol. The van der Waals surface area contributed by atoms with Gasteiger partial charge in [-0.05, 0) is 28.4 Å². The molecule has 1 aliphatic heterocycles. The zero-order valence-corrected chi connectivity index (χ0v) is 11.3. The Bertz CT molecular complexity index is 580. The second-order valence-corrected chi connectivity index (χ2v) is 6.99. The lowest BCUT2D eigenvalue weighted by molar-refractivity contribution is 0.602. The molecule has 7 heteroatoms. The summed E-state index contributed by atoms with van der Waals surface area (Å²) in [6, 6.07) is 3.54. The molecule has 90 valence electrons. The molecule has 0 aromatic carbocycles. The number of anilines is 1. The lowest BCUT2D eigenvalue weighted by atomic mass is 10.2. The molecule has 0 bridgehead atoms. The number of hydrogen-bond acceptors (Lipinski definition) is 5. The number of nitrogens with zero attached hydrogens (tertiary/aromatic N) is 2. The molecule has 1 aliphatic rings. The lowest BCUT2D eigenvalue weighted by Crippen LogP contribution is -2.21. The highest BCUT2D eigenvalue weighted by Crippen LogP contribution is 2.23. The van der Waals surface area contributed by atoms with E-state index in [4.69, 9.17) is 5.26 Å². The minimum Gasteiger partial charge on any atom is -0.365 e. The van der Waals surface area contributed by atoms with E-state index in [2.05, 4.69) is 26.2 Å². The molecule has 2 heterocycles. The van der Waals surface area contributed by atoms with Crippen molar-refractivity contribution in [3.63, 3.8) is 0 Å². The van der Waals surface area contributed by atoms with Crippen molar-refractivity contribution >= 4 is 31.6 Å². The minimum absolute atomic E-state index is 0.100. The lowest BCUT2D eigenvalue weighted by Gasteiger charge is -2.12. The summed E-state index contributed by atoms with van der Waals surface area (Å²) in [6.07, 6.45) is 2.05. The Morgan fingerprint density at radius 1 is 1.59 bits per heavy atom. The van der Waals surface area contributed by atoms with Gasteiger partial charge in [-0.3, -0.25) is 0 Å². The average molecular weight is 316 g/mol. The maximum atomic E-state index is 11.3. The number of aromatic nitrogens is 1. The third-order valence-electron chi connectivity index (χ3n) is 2.54. The minimum atomic E-state index is -2.90. The summed E-state index contributed by atoms with van der Waals surface area (Å²) >= 11 is 3.30. The maximum Gasteiger partial charge on any atom is 0.152 e. The largest absolute Gasteiger partial charge is 0.365 e. The van der Waals surface area contributed by atoms with Gasteiger partial charge in [-0.15, -0.1) is 0 Å². The van der Waals surface area contributed by atoms with Crippen LogP contribution in [0.2, 0.25) is 0 Å². The molecule has 0 amide bonds. The standard InChI is InChI=1S/C10H10BrN3O2S/c11-9-3-7(4-12)5-13-10(9)14-8-1-2-17(15,16)6-8/h3,5,8H,1-2,6H2,(H,13,14). The van der Waals surface area contributed by atoms with Crippen molar-refractivity contribution in [3.8, 4) is 6.07 Å². The molecule has 1 aromatic rings. The molecule has 1 saturated heterocycles. The molecule has 0 radical (unpaired) electrons. The number of halogens is 1. The Morgan fingerprint density at radius 2 is 2.35 bits per heavy atom. The van der Waals surface area contributed by atoms with Crippen molar-refractivity contribution in [1.82, 2.24) is 4.98 Å². The Hall–Kier alpha value is -1.13. The summed E-state index contributed by atoms with van der Waals surface area (Å²) in [5.74, 6) is 0.936. The van der Waals surface area contributed by atoms with Crippen LogP contribution in [0.15, 0.2) is 16.7 Å². The van der Waals surface area contributed by atoms with Crippen LogP contribution >= 0.6 is 15.9 Å². The second-order valence-electron chi connectivity index (χ2n) is 3.91. The third kappa shape index (κ3) is 2.96. The fourth-order valence-corrected chi connectivity index (χ4v) is 3.84. The van der Waals surface area contributed by atoms with Gasteiger partial charge in [-0.25, -0.2) is 13.4 Å². The Kier molecular flexibility index (Phi) is 3.35. The van der Waals surface area contributed by atoms with E-state index in [0.717, 1.165) is 0 Å². The molecule has 5 nitrogen and oxygen atoms in total. The normalized spacial score (nSPS) is 22.0. The van der Waals surface area contributed by atoms with Gasteiger partial charge < -0.3 is 5.32 Å². The number of pyridine rings is 1. The number of nitriles is 1. The molecular weight excluding hydrogens is 306 g/mol. The fraction of sp³-hybridized carbons (Fsp3) is 0.400. The van der Waals surface area contributed by atoms with E-state index in [1.165, 1.54) is 6.20 Å². The Labute approximate surface area is 108 Å². The van der Waals surface area contributed by atoms with Crippen molar-refractivity contribution in [2.24, 2.45) is 0 Å². The smallest absolute Gasteiger partial charge is 0.152 e. The quantitative estimate of drug-likeness (QED) is 0.889. The van der Waals surface area contributed by atoms with E-state index in [9.17, 15) is 8.42 Å². The second kappa shape index (κ2) is 4.63.